The Bertz CT molecular complexity index is 310. The number of unbranched alkanes of at least 4 members (excludes halogenated alkanes) is 2. The van der Waals surface area contributed by atoms with Crippen molar-refractivity contribution in [2.24, 2.45) is 0 Å². The standard InChI is InChI=1S/C12H23N2O4P/c1-9(15)5-3-2-4-8-13-14-10(12(18)19)6-7-11(16)17/h10,13-14H,2-8,19H2,1H3,(H,16,17)/t10-/m0/s1. The molecule has 0 spiro atoms. The second kappa shape index (κ2) is 11.0. The fraction of sp³-hybridized carbons (Fsp3) is 0.750. The maximum absolute atomic E-state index is 11.2. The van der Waals surface area contributed by atoms with Crippen LogP contribution in [0.4, 0.5) is 0 Å². The molecule has 19 heavy (non-hydrogen) atoms. The number of aliphatic carboxylic acids is 1. The lowest BCUT2D eigenvalue weighted by Gasteiger charge is -2.15. The minimum atomic E-state index is -0.915. The zero-order valence-electron chi connectivity index (χ0n) is 11.3. The number of carboxylic acid groups (broad SMARTS) is 1. The smallest absolute Gasteiger partial charge is 0.303 e. The van der Waals surface area contributed by atoms with Crippen LogP contribution in [0.1, 0.15) is 45.4 Å². The number of hydrogen-bond acceptors (Lipinski definition) is 5. The van der Waals surface area contributed by atoms with Crippen LogP contribution >= 0.6 is 9.24 Å². The van der Waals surface area contributed by atoms with Crippen molar-refractivity contribution < 1.29 is 19.5 Å². The van der Waals surface area contributed by atoms with Crippen molar-refractivity contribution in [3.63, 3.8) is 0 Å². The van der Waals surface area contributed by atoms with Crippen LogP contribution in [0.5, 0.6) is 0 Å². The number of nitrogens with one attached hydrogen (secondary N) is 2. The summed E-state index contributed by atoms with van der Waals surface area (Å²) in [6.07, 6.45) is 3.55. The van der Waals surface area contributed by atoms with E-state index in [0.717, 1.165) is 19.3 Å². The van der Waals surface area contributed by atoms with Crippen molar-refractivity contribution in [1.82, 2.24) is 10.9 Å². The van der Waals surface area contributed by atoms with E-state index in [1.54, 1.807) is 6.92 Å². The van der Waals surface area contributed by atoms with Gasteiger partial charge in [0, 0.05) is 19.4 Å². The molecule has 0 aliphatic heterocycles. The Balaban J connectivity index is 3.61. The van der Waals surface area contributed by atoms with Gasteiger partial charge in [0.2, 0.25) is 0 Å². The molecule has 0 aromatic heterocycles. The molecule has 0 saturated carbocycles. The normalized spacial score (nSPS) is 12.1. The topological polar surface area (TPSA) is 95.5 Å². The van der Waals surface area contributed by atoms with Crippen molar-refractivity contribution in [2.45, 2.75) is 51.5 Å². The van der Waals surface area contributed by atoms with Gasteiger partial charge in [-0.3, -0.25) is 15.0 Å². The minimum Gasteiger partial charge on any atom is -0.481 e. The Morgan fingerprint density at radius 2 is 1.84 bits per heavy atom. The number of Topliss-reactive ketones (excluding diaryl/α,β-unsaturated/α-hetero) is 1. The predicted octanol–water partition coefficient (Wildman–Crippen LogP) is 0.865. The third kappa shape index (κ3) is 12.0. The van der Waals surface area contributed by atoms with Gasteiger partial charge in [0.1, 0.15) is 5.78 Å². The first-order chi connectivity index (χ1) is 8.93. The van der Waals surface area contributed by atoms with Crippen LogP contribution in [0.25, 0.3) is 0 Å². The first-order valence-corrected chi connectivity index (χ1v) is 7.00. The first kappa shape index (κ1) is 18.2. The van der Waals surface area contributed by atoms with Gasteiger partial charge in [-0.05, 0) is 26.2 Å². The average Bonchev–Trinajstić information content (AvgIpc) is 2.30. The molecule has 2 atom stereocenters. The molecule has 0 amide bonds. The SMILES string of the molecule is CC(=O)CCCCCNN[C@@H](CCC(=O)O)C(=O)P. The zero-order valence-corrected chi connectivity index (χ0v) is 12.4. The van der Waals surface area contributed by atoms with E-state index in [1.165, 1.54) is 0 Å². The third-order valence-electron chi connectivity index (χ3n) is 2.60. The molecule has 0 heterocycles. The predicted molar refractivity (Wildman–Crippen MR) is 75.7 cm³/mol. The second-order valence-corrected chi connectivity index (χ2v) is 5.04. The van der Waals surface area contributed by atoms with Crippen LogP contribution in [0.15, 0.2) is 0 Å². The summed E-state index contributed by atoms with van der Waals surface area (Å²) in [5, 5.41) is 8.56. The second-order valence-electron chi connectivity index (χ2n) is 4.47. The van der Waals surface area contributed by atoms with Crippen molar-refractivity contribution in [3.8, 4) is 0 Å². The maximum Gasteiger partial charge on any atom is 0.303 e. The number of hydrazine groups is 1. The van der Waals surface area contributed by atoms with E-state index in [-0.39, 0.29) is 24.1 Å². The number of hydrogen-bond donors (Lipinski definition) is 3. The molecule has 0 aliphatic rings. The largest absolute Gasteiger partial charge is 0.481 e. The lowest BCUT2D eigenvalue weighted by Crippen LogP contribution is -2.44. The molecule has 6 nitrogen and oxygen atoms in total. The molecule has 0 bridgehead atoms. The molecule has 0 rings (SSSR count). The minimum absolute atomic E-state index is 0.0436. The number of ketones is 1. The van der Waals surface area contributed by atoms with Crippen LogP contribution in [-0.2, 0) is 14.4 Å². The summed E-state index contributed by atoms with van der Waals surface area (Å²) in [7, 11) is 2.06. The van der Waals surface area contributed by atoms with E-state index < -0.39 is 12.0 Å². The van der Waals surface area contributed by atoms with E-state index in [1.807, 2.05) is 0 Å². The lowest BCUT2D eigenvalue weighted by atomic mass is 10.1. The fourth-order valence-electron chi connectivity index (χ4n) is 1.51. The highest BCUT2D eigenvalue weighted by molar-refractivity contribution is 7.40. The maximum atomic E-state index is 11.2. The van der Waals surface area contributed by atoms with Crippen LogP contribution in [0.2, 0.25) is 0 Å². The van der Waals surface area contributed by atoms with E-state index in [2.05, 4.69) is 20.1 Å². The van der Waals surface area contributed by atoms with Crippen LogP contribution in [0.3, 0.4) is 0 Å². The summed E-state index contributed by atoms with van der Waals surface area (Å²) >= 11 is 0. The highest BCUT2D eigenvalue weighted by Gasteiger charge is 2.14. The van der Waals surface area contributed by atoms with Gasteiger partial charge in [-0.1, -0.05) is 15.7 Å². The monoisotopic (exact) mass is 290 g/mol. The Hall–Kier alpha value is -0.840. The van der Waals surface area contributed by atoms with Crippen molar-refractivity contribution in [2.75, 3.05) is 6.54 Å². The molecular formula is C12H23N2O4P. The molecular weight excluding hydrogens is 267 g/mol. The summed E-state index contributed by atoms with van der Waals surface area (Å²) in [6, 6.07) is -0.502. The van der Waals surface area contributed by atoms with Crippen LogP contribution in [-0.4, -0.2) is 35.0 Å². The van der Waals surface area contributed by atoms with Gasteiger partial charge in [-0.25, -0.2) is 5.43 Å². The Kier molecular flexibility index (Phi) is 10.5. The van der Waals surface area contributed by atoms with Crippen LogP contribution in [0, 0.1) is 0 Å². The molecule has 110 valence electrons. The molecule has 0 fully saturated rings. The summed E-state index contributed by atoms with van der Waals surface area (Å²) in [4.78, 5) is 32.4. The molecule has 0 saturated heterocycles. The summed E-state index contributed by atoms with van der Waals surface area (Å²) < 4.78 is 0. The molecule has 0 radical (unpaired) electrons. The van der Waals surface area contributed by atoms with E-state index >= 15 is 0 Å². The van der Waals surface area contributed by atoms with Gasteiger partial charge < -0.3 is 9.90 Å². The number of rotatable bonds is 12. The Morgan fingerprint density at radius 1 is 1.16 bits per heavy atom. The summed E-state index contributed by atoms with van der Waals surface area (Å²) in [5.74, 6) is -0.712. The average molecular weight is 290 g/mol. The number of carbonyl (C=O) groups excluding carboxylic acids is 2. The van der Waals surface area contributed by atoms with Gasteiger partial charge in [0.15, 0.2) is 5.52 Å². The molecule has 1 unspecified atom stereocenters. The summed E-state index contributed by atoms with van der Waals surface area (Å²) in [6.45, 7) is 2.26. The third-order valence-corrected chi connectivity index (χ3v) is 3.00. The van der Waals surface area contributed by atoms with E-state index in [4.69, 9.17) is 5.11 Å². The zero-order chi connectivity index (χ0) is 14.7. The van der Waals surface area contributed by atoms with Gasteiger partial charge in [-0.15, -0.1) is 0 Å². The van der Waals surface area contributed by atoms with Gasteiger partial charge in [0.05, 0.1) is 6.04 Å². The fourth-order valence-corrected chi connectivity index (χ4v) is 1.76. The number of carbonyl (C=O) groups is 3. The quantitative estimate of drug-likeness (QED) is 0.280. The molecule has 0 aromatic carbocycles. The van der Waals surface area contributed by atoms with Crippen LogP contribution < -0.4 is 10.9 Å². The highest BCUT2D eigenvalue weighted by atomic mass is 31.0. The molecule has 0 aliphatic carbocycles. The Labute approximate surface area is 115 Å². The molecule has 3 N–H and O–H groups in total. The van der Waals surface area contributed by atoms with Gasteiger partial charge in [0.25, 0.3) is 0 Å². The summed E-state index contributed by atoms with van der Waals surface area (Å²) in [5.41, 5.74) is 5.58. The lowest BCUT2D eigenvalue weighted by molar-refractivity contribution is -0.137. The molecule has 7 heteroatoms. The van der Waals surface area contributed by atoms with Gasteiger partial charge in [-0.2, -0.15) is 0 Å². The van der Waals surface area contributed by atoms with Crippen molar-refractivity contribution >= 4 is 26.5 Å². The van der Waals surface area contributed by atoms with E-state index in [0.29, 0.717) is 13.0 Å². The van der Waals surface area contributed by atoms with Gasteiger partial charge >= 0.3 is 5.97 Å². The highest BCUT2D eigenvalue weighted by Crippen LogP contribution is 2.03. The van der Waals surface area contributed by atoms with Crippen molar-refractivity contribution in [3.05, 3.63) is 0 Å². The van der Waals surface area contributed by atoms with Crippen molar-refractivity contribution in [1.29, 1.82) is 0 Å². The first-order valence-electron chi connectivity index (χ1n) is 6.42. The molecule has 0 aromatic rings. The number of carboxylic acids is 1. The van der Waals surface area contributed by atoms with E-state index in [9.17, 15) is 14.4 Å². The Morgan fingerprint density at radius 3 is 2.37 bits per heavy atom.